The first-order valence-electron chi connectivity index (χ1n) is 13.8. The van der Waals surface area contributed by atoms with Gasteiger partial charge in [-0.15, -0.1) is 5.10 Å². The fourth-order valence-corrected chi connectivity index (χ4v) is 5.29. The minimum Gasteiger partial charge on any atom is -0.490 e. The van der Waals surface area contributed by atoms with Gasteiger partial charge in [0.2, 0.25) is 0 Å². The lowest BCUT2D eigenvalue weighted by Gasteiger charge is -2.32. The largest absolute Gasteiger partial charge is 0.490 e. The number of pyridine rings is 1. The number of carbonyl (C=O) groups is 1. The number of benzene rings is 3. The Morgan fingerprint density at radius 3 is 2.52 bits per heavy atom. The minimum absolute atomic E-state index is 0.0447. The predicted octanol–water partition coefficient (Wildman–Crippen LogP) is 6.08. The second-order valence-electron chi connectivity index (χ2n) is 10.2. The number of rotatable bonds is 5. The van der Waals surface area contributed by atoms with Crippen LogP contribution in [0.1, 0.15) is 22.3 Å². The maximum Gasteiger partial charge on any atom is 0.417 e. The predicted molar refractivity (Wildman–Crippen MR) is 156 cm³/mol. The van der Waals surface area contributed by atoms with Crippen LogP contribution in [-0.4, -0.2) is 46.0 Å². The number of nitrogens with zero attached hydrogens (tertiary/aromatic N) is 5. The number of carbonyl (C=O) groups excluding carboxylic acids is 1. The van der Waals surface area contributed by atoms with Crippen molar-refractivity contribution in [1.82, 2.24) is 15.2 Å². The van der Waals surface area contributed by atoms with Crippen LogP contribution < -0.4 is 15.0 Å². The molecule has 12 heteroatoms. The van der Waals surface area contributed by atoms with Gasteiger partial charge >= 0.3 is 12.2 Å². The van der Waals surface area contributed by atoms with Crippen molar-refractivity contribution in [2.24, 2.45) is 4.99 Å². The average Bonchev–Trinajstić information content (AvgIpc) is 3.45. The highest BCUT2D eigenvalue weighted by molar-refractivity contribution is 6.16. The van der Waals surface area contributed by atoms with E-state index >= 15 is 0 Å². The molecule has 0 spiro atoms. The molecule has 0 bridgehead atoms. The van der Waals surface area contributed by atoms with E-state index < -0.39 is 17.9 Å². The van der Waals surface area contributed by atoms with Crippen molar-refractivity contribution < 1.29 is 27.1 Å². The number of para-hydroxylation sites is 2. The van der Waals surface area contributed by atoms with Gasteiger partial charge in [0, 0.05) is 23.7 Å². The highest BCUT2D eigenvalue weighted by Gasteiger charge is 2.35. The van der Waals surface area contributed by atoms with E-state index in [2.05, 4.69) is 20.5 Å². The summed E-state index contributed by atoms with van der Waals surface area (Å²) >= 11 is 0. The van der Waals surface area contributed by atoms with Gasteiger partial charge < -0.3 is 19.4 Å². The molecule has 2 aliphatic heterocycles. The number of aliphatic imine (C=N–C) groups is 1. The Morgan fingerprint density at radius 2 is 1.68 bits per heavy atom. The number of anilines is 3. The monoisotopic (exact) mass is 596 g/mol. The number of hydrogen-bond donors (Lipinski definition) is 1. The molecule has 0 amide bonds. The molecule has 2 aliphatic rings. The summed E-state index contributed by atoms with van der Waals surface area (Å²) in [6.07, 6.45) is -4.84. The van der Waals surface area contributed by atoms with Gasteiger partial charge in [-0.25, -0.2) is 4.98 Å². The SMILES string of the molecule is O=C1Cc2ccccc2C(c2ccccc2)=N[C@@H]1Nc1nnc(-c2ncc(C(F)(F)F)cc2N2CCOc3ccccc32)o1. The van der Waals surface area contributed by atoms with E-state index in [0.29, 0.717) is 17.1 Å². The van der Waals surface area contributed by atoms with Crippen LogP contribution in [0.25, 0.3) is 11.6 Å². The van der Waals surface area contributed by atoms with E-state index in [-0.39, 0.29) is 48.6 Å². The molecule has 3 aromatic carbocycles. The maximum atomic E-state index is 13.8. The number of fused-ring (bicyclic) bond motifs is 2. The summed E-state index contributed by atoms with van der Waals surface area (Å²) in [7, 11) is 0. The van der Waals surface area contributed by atoms with Crippen molar-refractivity contribution in [3.05, 3.63) is 113 Å². The number of Topliss-reactive ketones (excluding diaryl/α,β-unsaturated/α-hetero) is 1. The first-order valence-corrected chi connectivity index (χ1v) is 13.8. The van der Waals surface area contributed by atoms with Crippen LogP contribution in [0.3, 0.4) is 0 Å². The number of halogens is 3. The summed E-state index contributed by atoms with van der Waals surface area (Å²) < 4.78 is 52.9. The van der Waals surface area contributed by atoms with Crippen molar-refractivity contribution >= 4 is 28.9 Å². The van der Waals surface area contributed by atoms with E-state index in [1.165, 1.54) is 0 Å². The number of hydrogen-bond acceptors (Lipinski definition) is 9. The van der Waals surface area contributed by atoms with Gasteiger partial charge in [0.25, 0.3) is 5.89 Å². The van der Waals surface area contributed by atoms with Gasteiger partial charge in [-0.3, -0.25) is 9.79 Å². The highest BCUT2D eigenvalue weighted by atomic mass is 19.4. The number of alkyl halides is 3. The molecule has 2 aromatic heterocycles. The summed E-state index contributed by atoms with van der Waals surface area (Å²) in [5.41, 5.74) is 2.94. The standard InChI is InChI=1S/C32H23F3N6O3/c33-32(34,35)21-17-24(41-14-15-43-26-13-7-6-12-23(26)41)28(36-18-21)30-39-40-31(44-30)38-29-25(42)16-20-10-4-5-11-22(20)27(37-29)19-8-2-1-3-9-19/h1-13,17-18,29H,14-16H2,(H,38,40)/t29-/m1/s1. The number of ether oxygens (including phenoxy) is 1. The Morgan fingerprint density at radius 1 is 0.909 bits per heavy atom. The van der Waals surface area contributed by atoms with Crippen LogP contribution >= 0.6 is 0 Å². The van der Waals surface area contributed by atoms with Crippen molar-refractivity contribution in [1.29, 1.82) is 0 Å². The molecule has 1 N–H and O–H groups in total. The first kappa shape index (κ1) is 27.3. The van der Waals surface area contributed by atoms with E-state index in [4.69, 9.17) is 14.1 Å². The number of nitrogens with one attached hydrogen (secondary N) is 1. The van der Waals surface area contributed by atoms with Gasteiger partial charge in [-0.2, -0.15) is 13.2 Å². The number of aromatic nitrogens is 3. The zero-order valence-electron chi connectivity index (χ0n) is 23.0. The van der Waals surface area contributed by atoms with Crippen molar-refractivity contribution in [3.8, 4) is 17.3 Å². The van der Waals surface area contributed by atoms with Gasteiger partial charge in [0.1, 0.15) is 12.4 Å². The molecule has 0 saturated carbocycles. The fourth-order valence-electron chi connectivity index (χ4n) is 5.29. The Bertz CT molecular complexity index is 1890. The van der Waals surface area contributed by atoms with Crippen LogP contribution in [0.15, 0.2) is 101 Å². The first-order chi connectivity index (χ1) is 21.3. The molecule has 44 heavy (non-hydrogen) atoms. The van der Waals surface area contributed by atoms with E-state index in [1.54, 1.807) is 29.2 Å². The summed E-state index contributed by atoms with van der Waals surface area (Å²) in [6, 6.07) is 25.0. The van der Waals surface area contributed by atoms with Crippen molar-refractivity contribution in [3.63, 3.8) is 0 Å². The lowest BCUT2D eigenvalue weighted by Crippen LogP contribution is -2.29. The molecule has 0 unspecified atom stereocenters. The second-order valence-corrected chi connectivity index (χ2v) is 10.2. The molecule has 0 aliphatic carbocycles. The van der Waals surface area contributed by atoms with E-state index in [9.17, 15) is 18.0 Å². The average molecular weight is 597 g/mol. The normalized spacial score (nSPS) is 16.3. The minimum atomic E-state index is -4.63. The summed E-state index contributed by atoms with van der Waals surface area (Å²) in [4.78, 5) is 23.9. The maximum absolute atomic E-state index is 13.8. The Hall–Kier alpha value is -5.52. The third kappa shape index (κ3) is 5.14. The van der Waals surface area contributed by atoms with Crippen LogP contribution in [0.4, 0.5) is 30.6 Å². The molecular formula is C32H23F3N6O3. The summed E-state index contributed by atoms with van der Waals surface area (Å²) in [5, 5.41) is 11.1. The van der Waals surface area contributed by atoms with Crippen molar-refractivity contribution in [2.45, 2.75) is 18.8 Å². The Labute approximate surface area is 249 Å². The molecule has 0 radical (unpaired) electrons. The molecule has 220 valence electrons. The quantitative estimate of drug-likeness (QED) is 0.260. The van der Waals surface area contributed by atoms with E-state index in [1.807, 2.05) is 54.6 Å². The lowest BCUT2D eigenvalue weighted by atomic mass is 9.96. The fraction of sp³-hybridized carbons (Fsp3) is 0.156. The molecule has 0 saturated heterocycles. The van der Waals surface area contributed by atoms with Crippen LogP contribution in [0.2, 0.25) is 0 Å². The zero-order valence-corrected chi connectivity index (χ0v) is 23.0. The highest BCUT2D eigenvalue weighted by Crippen LogP contribution is 2.42. The lowest BCUT2D eigenvalue weighted by molar-refractivity contribution is -0.137. The third-order valence-electron chi connectivity index (χ3n) is 7.35. The van der Waals surface area contributed by atoms with E-state index in [0.717, 1.165) is 29.0 Å². The zero-order chi connectivity index (χ0) is 30.3. The Kier molecular flexibility index (Phi) is 6.80. The number of ketones is 1. The molecule has 0 fully saturated rings. The molecule has 4 heterocycles. The second kappa shape index (κ2) is 11.0. The summed E-state index contributed by atoms with van der Waals surface area (Å²) in [5.74, 6) is 0.174. The van der Waals surface area contributed by atoms with Crippen molar-refractivity contribution in [2.75, 3.05) is 23.4 Å². The molecule has 1 atom stereocenters. The van der Waals surface area contributed by atoms with Crippen LogP contribution in [0, 0.1) is 0 Å². The molecule has 7 rings (SSSR count). The van der Waals surface area contributed by atoms with Gasteiger partial charge in [0.05, 0.1) is 29.2 Å². The topological polar surface area (TPSA) is 106 Å². The molecule has 5 aromatic rings. The van der Waals surface area contributed by atoms with Gasteiger partial charge in [0.15, 0.2) is 17.6 Å². The third-order valence-corrected chi connectivity index (χ3v) is 7.35. The Balaban J connectivity index is 1.26. The molecule has 9 nitrogen and oxygen atoms in total. The van der Waals surface area contributed by atoms with Gasteiger partial charge in [-0.05, 0) is 23.8 Å². The molecular weight excluding hydrogens is 573 g/mol. The van der Waals surface area contributed by atoms with Crippen LogP contribution in [0.5, 0.6) is 5.75 Å². The smallest absolute Gasteiger partial charge is 0.417 e. The van der Waals surface area contributed by atoms with Gasteiger partial charge in [-0.1, -0.05) is 71.8 Å². The van der Waals surface area contributed by atoms with Crippen LogP contribution in [-0.2, 0) is 17.4 Å². The summed E-state index contributed by atoms with van der Waals surface area (Å²) in [6.45, 7) is 0.512.